The Bertz CT molecular complexity index is 572. The van der Waals surface area contributed by atoms with Gasteiger partial charge in [-0.1, -0.05) is 13.8 Å². The summed E-state index contributed by atoms with van der Waals surface area (Å²) in [4.78, 5) is 22.5. The van der Waals surface area contributed by atoms with Crippen LogP contribution in [0, 0.1) is 19.8 Å². The first-order chi connectivity index (χ1) is 9.38. The summed E-state index contributed by atoms with van der Waals surface area (Å²) in [6, 6.07) is 1.57. The van der Waals surface area contributed by atoms with E-state index >= 15 is 0 Å². The Morgan fingerprint density at radius 3 is 2.65 bits per heavy atom. The highest BCUT2D eigenvalue weighted by Crippen LogP contribution is 2.15. The van der Waals surface area contributed by atoms with E-state index in [0.717, 1.165) is 22.8 Å². The lowest BCUT2D eigenvalue weighted by molar-refractivity contribution is -0.118. The van der Waals surface area contributed by atoms with Crippen molar-refractivity contribution in [3.8, 4) is 0 Å². The second-order valence-corrected chi connectivity index (χ2v) is 5.49. The number of nitrogens with one attached hydrogen (secondary N) is 1. The molecular weight excluding hydrogens is 256 g/mol. The predicted molar refractivity (Wildman–Crippen MR) is 76.6 cm³/mol. The van der Waals surface area contributed by atoms with Crippen LogP contribution in [0.3, 0.4) is 0 Å². The Morgan fingerprint density at radius 2 is 2.10 bits per heavy atom. The molecule has 1 aromatic rings. The van der Waals surface area contributed by atoms with E-state index < -0.39 is 6.03 Å². The van der Waals surface area contributed by atoms with Crippen molar-refractivity contribution in [3.05, 3.63) is 23.0 Å². The van der Waals surface area contributed by atoms with Crippen LogP contribution in [0.1, 0.15) is 30.8 Å². The van der Waals surface area contributed by atoms with Crippen molar-refractivity contribution in [1.82, 2.24) is 14.9 Å². The smallest absolute Gasteiger partial charge is 0.344 e. The molecule has 0 bridgehead atoms. The number of carbonyl (C=O) groups excluding carboxylic acids is 2. The van der Waals surface area contributed by atoms with Crippen molar-refractivity contribution < 1.29 is 9.59 Å². The van der Waals surface area contributed by atoms with Gasteiger partial charge in [-0.15, -0.1) is 0 Å². The highest BCUT2D eigenvalue weighted by Gasteiger charge is 2.26. The first kappa shape index (κ1) is 14.3. The topological polar surface area (TPSA) is 66.7 Å². The number of amides is 3. The second kappa shape index (κ2) is 5.48. The van der Waals surface area contributed by atoms with Crippen LogP contribution in [-0.4, -0.2) is 34.3 Å². The lowest BCUT2D eigenvalue weighted by Crippen LogP contribution is -2.24. The van der Waals surface area contributed by atoms with Crippen molar-refractivity contribution in [3.63, 3.8) is 0 Å². The summed E-state index contributed by atoms with van der Waals surface area (Å²) in [5.74, 6) is 0.240. The molecule has 20 heavy (non-hydrogen) atoms. The average Bonchev–Trinajstić information content (AvgIpc) is 2.80. The minimum Gasteiger partial charge on any atom is -0.348 e. The van der Waals surface area contributed by atoms with E-state index in [-0.39, 0.29) is 12.5 Å². The maximum Gasteiger partial charge on any atom is 0.344 e. The summed E-state index contributed by atoms with van der Waals surface area (Å²) in [5.41, 5.74) is 3.25. The zero-order valence-electron chi connectivity index (χ0n) is 12.3. The van der Waals surface area contributed by atoms with Crippen molar-refractivity contribution >= 4 is 18.2 Å². The molecule has 0 radical (unpaired) electrons. The number of rotatable bonds is 4. The fraction of sp³-hybridized carbons (Fsp3) is 0.500. The molecule has 6 heteroatoms. The minimum atomic E-state index is -0.470. The first-order valence-corrected chi connectivity index (χ1v) is 6.70. The molecular formula is C14H20N4O2. The first-order valence-electron chi connectivity index (χ1n) is 6.70. The van der Waals surface area contributed by atoms with Gasteiger partial charge in [0.05, 0.1) is 6.21 Å². The van der Waals surface area contributed by atoms with E-state index in [2.05, 4.69) is 35.8 Å². The van der Waals surface area contributed by atoms with E-state index in [0.29, 0.717) is 5.92 Å². The van der Waals surface area contributed by atoms with Gasteiger partial charge in [0.25, 0.3) is 0 Å². The number of aromatic nitrogens is 1. The predicted octanol–water partition coefficient (Wildman–Crippen LogP) is 1.65. The molecule has 108 valence electrons. The quantitative estimate of drug-likeness (QED) is 0.671. The second-order valence-electron chi connectivity index (χ2n) is 5.49. The molecule has 0 aliphatic carbocycles. The molecule has 1 fully saturated rings. The van der Waals surface area contributed by atoms with Crippen LogP contribution in [-0.2, 0) is 11.3 Å². The van der Waals surface area contributed by atoms with Gasteiger partial charge < -0.3 is 4.57 Å². The van der Waals surface area contributed by atoms with Crippen molar-refractivity contribution in [2.24, 2.45) is 11.0 Å². The standard InChI is InChI=1S/C14H20N4O2/c1-9(2)7-17-10(3)5-12(11(17)4)6-15-18-8-13(19)16-14(18)20/h5-6,9H,7-8H2,1-4H3,(H,16,19,20)/b15-6+. The Kier molecular flexibility index (Phi) is 3.92. The van der Waals surface area contributed by atoms with E-state index in [9.17, 15) is 9.59 Å². The molecule has 1 aromatic heterocycles. The van der Waals surface area contributed by atoms with Crippen LogP contribution >= 0.6 is 0 Å². The SMILES string of the molecule is Cc1cc(/C=N/N2CC(=O)NC2=O)c(C)n1CC(C)C. The number of hydrogen-bond donors (Lipinski definition) is 1. The third-order valence-corrected chi connectivity index (χ3v) is 3.27. The van der Waals surface area contributed by atoms with E-state index in [1.165, 1.54) is 5.69 Å². The summed E-state index contributed by atoms with van der Waals surface area (Å²) in [6.45, 7) is 9.37. The molecule has 2 rings (SSSR count). The number of urea groups is 1. The Hall–Kier alpha value is -2.11. The lowest BCUT2D eigenvalue weighted by atomic mass is 10.2. The zero-order chi connectivity index (χ0) is 14.9. The molecule has 0 aromatic carbocycles. The molecule has 0 unspecified atom stereocenters. The normalized spacial score (nSPS) is 15.8. The third-order valence-electron chi connectivity index (χ3n) is 3.27. The number of nitrogens with zero attached hydrogens (tertiary/aromatic N) is 3. The van der Waals surface area contributed by atoms with E-state index in [4.69, 9.17) is 0 Å². The monoisotopic (exact) mass is 276 g/mol. The molecule has 0 saturated carbocycles. The highest BCUT2D eigenvalue weighted by molar-refractivity contribution is 6.02. The highest BCUT2D eigenvalue weighted by atomic mass is 16.2. The summed E-state index contributed by atoms with van der Waals surface area (Å²) in [6.07, 6.45) is 1.64. The molecule has 1 N–H and O–H groups in total. The molecule has 3 amide bonds. The number of carbonyl (C=O) groups is 2. The molecule has 6 nitrogen and oxygen atoms in total. The molecule has 0 atom stereocenters. The Balaban J connectivity index is 2.18. The van der Waals surface area contributed by atoms with Crippen LogP contribution in [0.25, 0.3) is 0 Å². The number of hydrogen-bond acceptors (Lipinski definition) is 3. The minimum absolute atomic E-state index is 0.0138. The van der Waals surface area contributed by atoms with E-state index in [1.54, 1.807) is 6.21 Å². The largest absolute Gasteiger partial charge is 0.348 e. The number of aryl methyl sites for hydroxylation is 1. The zero-order valence-corrected chi connectivity index (χ0v) is 12.3. The molecule has 0 spiro atoms. The van der Waals surface area contributed by atoms with Crippen LogP contribution in [0.4, 0.5) is 4.79 Å². The average molecular weight is 276 g/mol. The van der Waals surface area contributed by atoms with Crippen LogP contribution in [0.2, 0.25) is 0 Å². The van der Waals surface area contributed by atoms with Gasteiger partial charge in [0.15, 0.2) is 0 Å². The molecule has 1 aliphatic rings. The van der Waals surface area contributed by atoms with Gasteiger partial charge in [0.2, 0.25) is 5.91 Å². The van der Waals surface area contributed by atoms with Crippen molar-refractivity contribution in [1.29, 1.82) is 0 Å². The summed E-state index contributed by atoms with van der Waals surface area (Å²) >= 11 is 0. The van der Waals surface area contributed by atoms with Gasteiger partial charge in [0.1, 0.15) is 6.54 Å². The van der Waals surface area contributed by atoms with Crippen LogP contribution in [0.5, 0.6) is 0 Å². The van der Waals surface area contributed by atoms with Crippen LogP contribution < -0.4 is 5.32 Å². The molecule has 2 heterocycles. The van der Waals surface area contributed by atoms with Crippen LogP contribution in [0.15, 0.2) is 11.2 Å². The van der Waals surface area contributed by atoms with E-state index in [1.807, 2.05) is 13.0 Å². The van der Waals surface area contributed by atoms with Gasteiger partial charge in [-0.3, -0.25) is 10.1 Å². The van der Waals surface area contributed by atoms with Gasteiger partial charge in [0, 0.05) is 23.5 Å². The van der Waals surface area contributed by atoms with Crippen molar-refractivity contribution in [2.45, 2.75) is 34.2 Å². The summed E-state index contributed by atoms with van der Waals surface area (Å²) in [5, 5.41) is 7.41. The number of hydrazone groups is 1. The Labute approximate surface area is 118 Å². The fourth-order valence-electron chi connectivity index (χ4n) is 2.26. The number of imide groups is 1. The van der Waals surface area contributed by atoms with Gasteiger partial charge in [-0.2, -0.15) is 5.10 Å². The fourth-order valence-corrected chi connectivity index (χ4v) is 2.26. The Morgan fingerprint density at radius 1 is 1.40 bits per heavy atom. The van der Waals surface area contributed by atoms with Gasteiger partial charge in [-0.05, 0) is 25.8 Å². The van der Waals surface area contributed by atoms with Crippen molar-refractivity contribution in [2.75, 3.05) is 6.54 Å². The van der Waals surface area contributed by atoms with Gasteiger partial charge in [-0.25, -0.2) is 9.80 Å². The maximum atomic E-state index is 11.4. The summed E-state index contributed by atoms with van der Waals surface area (Å²) < 4.78 is 2.24. The molecule has 1 saturated heterocycles. The van der Waals surface area contributed by atoms with Gasteiger partial charge >= 0.3 is 6.03 Å². The third kappa shape index (κ3) is 2.89. The lowest BCUT2D eigenvalue weighted by Gasteiger charge is -2.12. The maximum absolute atomic E-state index is 11.4. The summed E-state index contributed by atoms with van der Waals surface area (Å²) in [7, 11) is 0. The molecule has 1 aliphatic heterocycles.